The van der Waals surface area contributed by atoms with Gasteiger partial charge in [0.2, 0.25) is 0 Å². The van der Waals surface area contributed by atoms with E-state index < -0.39 is 7.26 Å². The van der Waals surface area contributed by atoms with Crippen LogP contribution >= 0.6 is 7.26 Å². The third-order valence-electron chi connectivity index (χ3n) is 3.97. The maximum absolute atomic E-state index is 10.2. The fourth-order valence-corrected chi connectivity index (χ4v) is 7.76. The van der Waals surface area contributed by atoms with Gasteiger partial charge in [0.05, 0.1) is 0 Å². The summed E-state index contributed by atoms with van der Waals surface area (Å²) in [5.41, 5.74) is 0. The van der Waals surface area contributed by atoms with Crippen molar-refractivity contribution in [2.45, 2.75) is 72.1 Å². The van der Waals surface area contributed by atoms with Gasteiger partial charge in [-0.1, -0.05) is 0 Å². The number of unbranched alkanes of at least 4 members (excludes halogenated alkanes) is 3. The molecule has 0 spiro atoms. The molecule has 0 aromatic rings. The maximum atomic E-state index is 10.2. The summed E-state index contributed by atoms with van der Waals surface area (Å²) in [6.45, 7) is 8.86. The van der Waals surface area contributed by atoms with E-state index in [1.807, 2.05) is 0 Å². The molecule has 1 nitrogen and oxygen atoms in total. The predicted octanol–water partition coefficient (Wildman–Crippen LogP) is 4.47. The molecule has 1 unspecified atom stereocenters. The molecule has 1 N–H and O–H groups in total. The molecule has 2 heteroatoms. The van der Waals surface area contributed by atoms with Gasteiger partial charge in [-0.3, -0.25) is 0 Å². The van der Waals surface area contributed by atoms with Crippen LogP contribution in [0, 0.1) is 0 Å². The minimum atomic E-state index is -1.38. The van der Waals surface area contributed by atoms with E-state index in [0.717, 1.165) is 0 Å². The van der Waals surface area contributed by atoms with Gasteiger partial charge in [-0.15, -0.1) is 0 Å². The number of hydrogen-bond donors (Lipinski definition) is 1. The Kier molecular flexibility index (Phi) is 9.65. The third-order valence-corrected chi connectivity index (χ3v) is 9.79. The van der Waals surface area contributed by atoms with Crippen LogP contribution in [-0.2, 0) is 0 Å². The Balaban J connectivity index is 4.46. The molecule has 0 aliphatic heterocycles. The average Bonchev–Trinajstić information content (AvgIpc) is 2.28. The molecule has 0 radical (unpaired) electrons. The van der Waals surface area contributed by atoms with Crippen LogP contribution in [0.1, 0.15) is 66.2 Å². The fourth-order valence-electron chi connectivity index (χ4n) is 2.59. The molecule has 0 amide bonds. The van der Waals surface area contributed by atoms with Crippen LogP contribution in [0.15, 0.2) is 0 Å². The summed E-state index contributed by atoms with van der Waals surface area (Å²) in [6, 6.07) is 0. The molecule has 0 heterocycles. The standard InChI is InChI=1S/C14H33OP/c1-5-8-11-16(14(4)15,12-9-6-2)13-10-7-3/h14-16H,5-13H2,1-4H3. The van der Waals surface area contributed by atoms with E-state index in [9.17, 15) is 5.11 Å². The Morgan fingerprint density at radius 3 is 1.31 bits per heavy atom. The first kappa shape index (κ1) is 16.4. The van der Waals surface area contributed by atoms with E-state index in [0.29, 0.717) is 0 Å². The Labute approximate surface area is 103 Å². The second-order valence-electron chi connectivity index (χ2n) is 5.35. The first-order valence-corrected chi connectivity index (χ1v) is 10.0. The van der Waals surface area contributed by atoms with Gasteiger partial charge in [0, 0.05) is 0 Å². The van der Waals surface area contributed by atoms with Crippen LogP contribution in [0.4, 0.5) is 0 Å². The van der Waals surface area contributed by atoms with Crippen molar-refractivity contribution in [2.24, 2.45) is 0 Å². The summed E-state index contributed by atoms with van der Waals surface area (Å²) in [7, 11) is -1.38. The molecule has 0 saturated heterocycles. The Morgan fingerprint density at radius 2 is 1.12 bits per heavy atom. The van der Waals surface area contributed by atoms with Crippen molar-refractivity contribution in [1.82, 2.24) is 0 Å². The van der Waals surface area contributed by atoms with Gasteiger partial charge in [0.1, 0.15) is 0 Å². The van der Waals surface area contributed by atoms with E-state index >= 15 is 0 Å². The second-order valence-corrected chi connectivity index (χ2v) is 10.4. The van der Waals surface area contributed by atoms with Gasteiger partial charge in [-0.05, 0) is 0 Å². The molecular weight excluding hydrogens is 215 g/mol. The van der Waals surface area contributed by atoms with Crippen molar-refractivity contribution in [1.29, 1.82) is 0 Å². The van der Waals surface area contributed by atoms with Crippen LogP contribution in [-0.4, -0.2) is 29.4 Å². The Morgan fingerprint density at radius 1 is 0.812 bits per heavy atom. The van der Waals surface area contributed by atoms with Gasteiger partial charge >= 0.3 is 103 Å². The third kappa shape index (κ3) is 5.64. The second kappa shape index (κ2) is 9.42. The van der Waals surface area contributed by atoms with Crippen LogP contribution < -0.4 is 0 Å². The molecule has 100 valence electrons. The predicted molar refractivity (Wildman–Crippen MR) is 79.3 cm³/mol. The molecule has 16 heavy (non-hydrogen) atoms. The zero-order chi connectivity index (χ0) is 12.4. The Bertz CT molecular complexity index is 135. The Hall–Kier alpha value is 0.390. The summed E-state index contributed by atoms with van der Waals surface area (Å²) < 4.78 is 0. The van der Waals surface area contributed by atoms with Crippen molar-refractivity contribution < 1.29 is 5.11 Å². The molecule has 0 aliphatic carbocycles. The van der Waals surface area contributed by atoms with Gasteiger partial charge in [0.25, 0.3) is 0 Å². The van der Waals surface area contributed by atoms with Gasteiger partial charge in [-0.2, -0.15) is 0 Å². The fraction of sp³-hybridized carbons (Fsp3) is 1.00. The molecular formula is C14H33OP. The molecule has 0 saturated carbocycles. The van der Waals surface area contributed by atoms with Gasteiger partial charge in [0.15, 0.2) is 0 Å². The normalized spacial score (nSPS) is 15.1. The van der Waals surface area contributed by atoms with E-state index in [2.05, 4.69) is 27.7 Å². The summed E-state index contributed by atoms with van der Waals surface area (Å²) in [5, 5.41) is 10.2. The van der Waals surface area contributed by atoms with Crippen LogP contribution in [0.3, 0.4) is 0 Å². The van der Waals surface area contributed by atoms with Crippen molar-refractivity contribution >= 4 is 7.26 Å². The monoisotopic (exact) mass is 248 g/mol. The number of aliphatic hydroxyl groups is 1. The van der Waals surface area contributed by atoms with Crippen LogP contribution in [0.2, 0.25) is 0 Å². The molecule has 0 bridgehead atoms. The van der Waals surface area contributed by atoms with Crippen LogP contribution in [0.5, 0.6) is 0 Å². The molecule has 0 fully saturated rings. The van der Waals surface area contributed by atoms with E-state index in [4.69, 9.17) is 0 Å². The SMILES string of the molecule is CCCC[PH](CCCC)(CCCC)C(C)O. The van der Waals surface area contributed by atoms with E-state index in [1.165, 1.54) is 57.0 Å². The molecule has 0 aliphatic rings. The van der Waals surface area contributed by atoms with Crippen molar-refractivity contribution in [3.05, 3.63) is 0 Å². The average molecular weight is 248 g/mol. The van der Waals surface area contributed by atoms with Crippen LogP contribution in [0.25, 0.3) is 0 Å². The van der Waals surface area contributed by atoms with E-state index in [-0.39, 0.29) is 5.85 Å². The van der Waals surface area contributed by atoms with Crippen molar-refractivity contribution in [3.8, 4) is 0 Å². The first-order valence-electron chi connectivity index (χ1n) is 7.31. The number of aliphatic hydroxyl groups excluding tert-OH is 1. The zero-order valence-electron chi connectivity index (χ0n) is 11.9. The zero-order valence-corrected chi connectivity index (χ0v) is 12.9. The number of hydrogen-bond acceptors (Lipinski definition) is 1. The first-order chi connectivity index (χ1) is 7.63. The minimum absolute atomic E-state index is 0.00264. The summed E-state index contributed by atoms with van der Waals surface area (Å²) >= 11 is 0. The summed E-state index contributed by atoms with van der Waals surface area (Å²) in [4.78, 5) is 0. The van der Waals surface area contributed by atoms with Gasteiger partial charge < -0.3 is 0 Å². The number of rotatable bonds is 10. The molecule has 0 aromatic heterocycles. The quantitative estimate of drug-likeness (QED) is 0.565. The summed E-state index contributed by atoms with van der Waals surface area (Å²) in [6.07, 6.45) is 11.8. The van der Waals surface area contributed by atoms with Crippen molar-refractivity contribution in [3.63, 3.8) is 0 Å². The molecule has 1 atom stereocenters. The van der Waals surface area contributed by atoms with Gasteiger partial charge in [-0.25, -0.2) is 0 Å². The van der Waals surface area contributed by atoms with E-state index in [1.54, 1.807) is 0 Å². The topological polar surface area (TPSA) is 20.2 Å². The molecule has 0 rings (SSSR count). The van der Waals surface area contributed by atoms with Crippen molar-refractivity contribution in [2.75, 3.05) is 18.5 Å². The molecule has 0 aromatic carbocycles. The summed E-state index contributed by atoms with van der Waals surface area (Å²) in [5.74, 6) is -0.00264.